The maximum Gasteiger partial charge on any atom is 0.266 e. The van der Waals surface area contributed by atoms with Gasteiger partial charge in [0.15, 0.2) is 0 Å². The van der Waals surface area contributed by atoms with Crippen LogP contribution in [0.4, 0.5) is 0 Å². The molecule has 1 aliphatic rings. The molecule has 3 atom stereocenters. The second-order valence-corrected chi connectivity index (χ2v) is 14.8. The molecular weight excluding hydrogens is 755 g/mol. The predicted octanol–water partition coefficient (Wildman–Crippen LogP) is 3.39. The summed E-state index contributed by atoms with van der Waals surface area (Å²) in [5.41, 5.74) is 18.4. The second kappa shape index (κ2) is 23.2. The number of unbranched alkanes of at least 4 members (excludes halogenated alkanes) is 5. The van der Waals surface area contributed by atoms with E-state index in [-0.39, 0.29) is 32.7 Å². The van der Waals surface area contributed by atoms with Gasteiger partial charge < -0.3 is 41.8 Å². The van der Waals surface area contributed by atoms with Gasteiger partial charge in [-0.3, -0.25) is 28.8 Å². The van der Waals surface area contributed by atoms with Crippen molar-refractivity contribution in [1.29, 1.82) is 0 Å². The molecule has 0 saturated heterocycles. The molecule has 3 aromatic rings. The van der Waals surface area contributed by atoms with Gasteiger partial charge >= 0.3 is 0 Å². The number of rotatable bonds is 19. The SMILES string of the molecule is CCCCCCCCc1ccc(C(=O)NCC(=O)N(C)C2C(=O)N[C@@H](C)C(=O)NC(C(=O)NOC)Cc3ccc(OCCN)c(c3)-c3cc2ccc3OCCN)c(C)c1. The highest BCUT2D eigenvalue weighted by atomic mass is 16.6. The molecule has 0 radical (unpaired) electrons. The van der Waals surface area contributed by atoms with Gasteiger partial charge in [0.1, 0.15) is 42.8 Å². The standard InChI is InChI=1S/C44H61N7O8/c1-6-7-8-9-10-11-12-30-13-16-33(28(2)23-30)42(54)47-27-39(52)51(4)40-32-15-18-38(59-22-20-46)35(26-32)34-24-31(14-17-37(34)58-21-19-45)25-36(43(55)50-57-5)49-41(53)29(3)48-44(40)56/h13-18,23-24,26,29,36,40H,6-12,19-22,25,27,45-46H2,1-5H3,(H,47,54)(H,48,56)(H,49,53)(H,50,55)/t29-,36?,40?/m0/s1. The number of likely N-dealkylation sites (N-methyl/N-ethyl adjacent to an activating group) is 1. The third kappa shape index (κ3) is 13.0. The maximum absolute atomic E-state index is 14.3. The molecule has 1 heterocycles. The Morgan fingerprint density at radius 1 is 0.847 bits per heavy atom. The number of benzene rings is 3. The quantitative estimate of drug-likeness (QED) is 0.0766. The molecule has 4 rings (SSSR count). The lowest BCUT2D eigenvalue weighted by atomic mass is 9.93. The minimum absolute atomic E-state index is 0.0545. The number of nitrogens with one attached hydrogen (secondary N) is 4. The largest absolute Gasteiger partial charge is 0.492 e. The summed E-state index contributed by atoms with van der Waals surface area (Å²) in [6, 6.07) is 12.6. The predicted molar refractivity (Wildman–Crippen MR) is 225 cm³/mol. The van der Waals surface area contributed by atoms with E-state index < -0.39 is 54.2 Å². The summed E-state index contributed by atoms with van der Waals surface area (Å²) in [4.78, 5) is 74.3. The first-order chi connectivity index (χ1) is 28.4. The van der Waals surface area contributed by atoms with Gasteiger partial charge in [0, 0.05) is 43.2 Å². The van der Waals surface area contributed by atoms with Crippen LogP contribution >= 0.6 is 0 Å². The minimum Gasteiger partial charge on any atom is -0.492 e. The summed E-state index contributed by atoms with van der Waals surface area (Å²) < 4.78 is 12.1. The van der Waals surface area contributed by atoms with Crippen molar-refractivity contribution in [3.05, 3.63) is 82.4 Å². The molecule has 5 amide bonds. The first kappa shape index (κ1) is 46.2. The fourth-order valence-electron chi connectivity index (χ4n) is 7.02. The number of nitrogens with zero attached hydrogens (tertiary/aromatic N) is 1. The molecule has 2 unspecified atom stereocenters. The van der Waals surface area contributed by atoms with E-state index in [2.05, 4.69) is 28.4 Å². The Hall–Kier alpha value is -5.51. The number of ether oxygens (including phenoxy) is 2. The molecule has 59 heavy (non-hydrogen) atoms. The highest BCUT2D eigenvalue weighted by Crippen LogP contribution is 2.40. The van der Waals surface area contributed by atoms with Crippen molar-refractivity contribution in [2.45, 2.75) is 90.3 Å². The van der Waals surface area contributed by atoms with Gasteiger partial charge in [0.25, 0.3) is 11.8 Å². The summed E-state index contributed by atoms with van der Waals surface area (Å²) >= 11 is 0. The highest BCUT2D eigenvalue weighted by Gasteiger charge is 2.33. The van der Waals surface area contributed by atoms with Crippen LogP contribution in [0.25, 0.3) is 11.1 Å². The van der Waals surface area contributed by atoms with Crippen molar-refractivity contribution >= 4 is 29.5 Å². The van der Waals surface area contributed by atoms with Crippen LogP contribution in [-0.4, -0.2) is 93.5 Å². The monoisotopic (exact) mass is 815 g/mol. The van der Waals surface area contributed by atoms with Crippen molar-refractivity contribution in [2.24, 2.45) is 11.5 Å². The zero-order chi connectivity index (χ0) is 42.9. The number of hydrogen-bond acceptors (Lipinski definition) is 10. The fourth-order valence-corrected chi connectivity index (χ4v) is 7.02. The van der Waals surface area contributed by atoms with Crippen LogP contribution in [0.5, 0.6) is 11.5 Å². The van der Waals surface area contributed by atoms with Crippen LogP contribution in [0.1, 0.15) is 91.0 Å². The number of hydrogen-bond donors (Lipinski definition) is 6. The van der Waals surface area contributed by atoms with E-state index >= 15 is 0 Å². The lowest BCUT2D eigenvalue weighted by Gasteiger charge is -2.30. The molecule has 0 saturated carbocycles. The number of nitrogens with two attached hydrogens (primary N) is 2. The molecule has 15 nitrogen and oxygen atoms in total. The van der Waals surface area contributed by atoms with E-state index in [4.69, 9.17) is 25.8 Å². The lowest BCUT2D eigenvalue weighted by molar-refractivity contribution is -0.140. The molecule has 0 fully saturated rings. The number of amides is 5. The Kier molecular flexibility index (Phi) is 18.1. The van der Waals surface area contributed by atoms with Crippen molar-refractivity contribution < 1.29 is 38.3 Å². The van der Waals surface area contributed by atoms with Gasteiger partial charge in [0.2, 0.25) is 17.7 Å². The minimum atomic E-state index is -1.29. The van der Waals surface area contributed by atoms with Gasteiger partial charge in [-0.15, -0.1) is 0 Å². The van der Waals surface area contributed by atoms with E-state index in [0.717, 1.165) is 24.0 Å². The molecule has 3 aromatic carbocycles. The molecular formula is C44H61N7O8. The Morgan fingerprint density at radius 3 is 2.17 bits per heavy atom. The third-order valence-electron chi connectivity index (χ3n) is 10.2. The van der Waals surface area contributed by atoms with E-state index in [0.29, 0.717) is 39.3 Å². The van der Waals surface area contributed by atoms with Gasteiger partial charge in [-0.25, -0.2) is 5.48 Å². The van der Waals surface area contributed by atoms with E-state index in [1.54, 1.807) is 42.5 Å². The van der Waals surface area contributed by atoms with Crippen LogP contribution < -0.4 is 42.4 Å². The van der Waals surface area contributed by atoms with Crippen LogP contribution in [-0.2, 0) is 36.9 Å². The van der Waals surface area contributed by atoms with E-state index in [1.165, 1.54) is 58.1 Å². The van der Waals surface area contributed by atoms with Crippen molar-refractivity contribution in [3.63, 3.8) is 0 Å². The average molecular weight is 816 g/mol. The molecule has 0 aromatic heterocycles. The topological polar surface area (TPSA) is 216 Å². The van der Waals surface area contributed by atoms with Crippen molar-refractivity contribution in [1.82, 2.24) is 26.3 Å². The average Bonchev–Trinajstić information content (AvgIpc) is 3.22. The zero-order valence-electron chi connectivity index (χ0n) is 35.0. The second-order valence-electron chi connectivity index (χ2n) is 14.8. The highest BCUT2D eigenvalue weighted by molar-refractivity contribution is 5.99. The first-order valence-corrected chi connectivity index (χ1v) is 20.4. The third-order valence-corrected chi connectivity index (χ3v) is 10.2. The number of fused-ring (bicyclic) bond motifs is 5. The Bertz CT molecular complexity index is 1920. The van der Waals surface area contributed by atoms with Crippen LogP contribution in [0, 0.1) is 6.92 Å². The Balaban J connectivity index is 1.68. The van der Waals surface area contributed by atoms with Crippen LogP contribution in [0.15, 0.2) is 54.6 Å². The normalized spacial score (nSPS) is 16.6. The van der Waals surface area contributed by atoms with E-state index in [1.807, 2.05) is 19.1 Å². The molecule has 0 spiro atoms. The number of hydroxylamine groups is 1. The number of carbonyl (C=O) groups is 5. The molecule has 1 aliphatic heterocycles. The fraction of sp³-hybridized carbons (Fsp3) is 0.477. The molecule has 4 bridgehead atoms. The molecule has 15 heteroatoms. The van der Waals surface area contributed by atoms with Crippen molar-refractivity contribution in [3.8, 4) is 22.6 Å². The smallest absolute Gasteiger partial charge is 0.266 e. The van der Waals surface area contributed by atoms with Crippen LogP contribution in [0.3, 0.4) is 0 Å². The summed E-state index contributed by atoms with van der Waals surface area (Å²) in [7, 11) is 2.73. The van der Waals surface area contributed by atoms with Crippen LogP contribution in [0.2, 0.25) is 0 Å². The first-order valence-electron chi connectivity index (χ1n) is 20.4. The summed E-state index contributed by atoms with van der Waals surface area (Å²) in [5.74, 6) is -2.07. The number of aryl methyl sites for hydroxylation is 2. The van der Waals surface area contributed by atoms with Crippen molar-refractivity contribution in [2.75, 3.05) is 47.0 Å². The van der Waals surface area contributed by atoms with Gasteiger partial charge in [-0.2, -0.15) is 0 Å². The molecule has 320 valence electrons. The Labute approximate surface area is 347 Å². The Morgan fingerprint density at radius 2 is 1.51 bits per heavy atom. The van der Waals surface area contributed by atoms with Gasteiger partial charge in [-0.05, 0) is 79.3 Å². The summed E-state index contributed by atoms with van der Waals surface area (Å²) in [5, 5.41) is 8.16. The lowest BCUT2D eigenvalue weighted by Crippen LogP contribution is -2.55. The van der Waals surface area contributed by atoms with E-state index in [9.17, 15) is 24.0 Å². The van der Waals surface area contributed by atoms with Gasteiger partial charge in [-0.1, -0.05) is 63.3 Å². The van der Waals surface area contributed by atoms with Gasteiger partial charge in [0.05, 0.1) is 13.7 Å². The zero-order valence-corrected chi connectivity index (χ0v) is 35.0. The molecule has 8 N–H and O–H groups in total. The summed E-state index contributed by atoms with van der Waals surface area (Å²) in [6.45, 7) is 5.96. The number of carbonyl (C=O) groups excluding carboxylic acids is 5. The molecule has 0 aliphatic carbocycles. The maximum atomic E-state index is 14.3. The summed E-state index contributed by atoms with van der Waals surface area (Å²) in [6.07, 6.45) is 8.17.